The third-order valence-corrected chi connectivity index (χ3v) is 7.45. The van der Waals surface area contributed by atoms with Crippen molar-refractivity contribution in [3.63, 3.8) is 0 Å². The number of amides is 1. The first kappa shape index (κ1) is 25.0. The number of rotatable bonds is 7. The molecule has 10 heteroatoms. The Morgan fingerprint density at radius 1 is 1.29 bits per heavy atom. The number of aliphatic hydroxyl groups is 1. The number of primary amides is 1. The summed E-state index contributed by atoms with van der Waals surface area (Å²) in [4.78, 5) is 30.6. The van der Waals surface area contributed by atoms with Crippen molar-refractivity contribution in [2.45, 2.75) is 65.6 Å². The van der Waals surface area contributed by atoms with Crippen molar-refractivity contribution < 1.29 is 14.6 Å². The van der Waals surface area contributed by atoms with E-state index in [1.165, 1.54) is 11.3 Å². The minimum atomic E-state index is -1.10. The number of pyridine rings is 1. The van der Waals surface area contributed by atoms with E-state index in [1.807, 2.05) is 46.8 Å². The van der Waals surface area contributed by atoms with Crippen molar-refractivity contribution in [1.29, 1.82) is 0 Å². The van der Waals surface area contributed by atoms with E-state index in [1.54, 1.807) is 18.5 Å². The van der Waals surface area contributed by atoms with Gasteiger partial charge in [-0.2, -0.15) is 4.98 Å². The maximum Gasteiger partial charge on any atom is 0.230 e. The minimum Gasteiger partial charge on any atom is -0.475 e. The lowest BCUT2D eigenvalue weighted by atomic mass is 9.63. The average molecular weight is 497 g/mol. The number of hydrogen-bond donors (Lipinski definition) is 3. The van der Waals surface area contributed by atoms with Crippen LogP contribution in [-0.4, -0.2) is 37.1 Å². The molecule has 3 heterocycles. The Balaban J connectivity index is 1.57. The summed E-state index contributed by atoms with van der Waals surface area (Å²) >= 11 is 1.42. The topological polar surface area (TPSA) is 136 Å². The van der Waals surface area contributed by atoms with Crippen LogP contribution < -0.4 is 15.8 Å². The van der Waals surface area contributed by atoms with Crippen molar-refractivity contribution in [3.8, 4) is 16.5 Å². The largest absolute Gasteiger partial charge is 0.475 e. The number of carbonyl (C=O) groups is 1. The van der Waals surface area contributed by atoms with Crippen LogP contribution in [0.25, 0.3) is 10.6 Å². The normalized spacial score (nSPS) is 21.6. The highest BCUT2D eigenvalue weighted by atomic mass is 32.1. The quantitative estimate of drug-likeness (QED) is 0.440. The fourth-order valence-corrected chi connectivity index (χ4v) is 5.75. The minimum absolute atomic E-state index is 0.0132. The van der Waals surface area contributed by atoms with E-state index < -0.39 is 11.0 Å². The third kappa shape index (κ3) is 5.59. The maximum absolute atomic E-state index is 11.9. The second kappa shape index (κ2) is 9.50. The molecule has 0 saturated heterocycles. The summed E-state index contributed by atoms with van der Waals surface area (Å²) in [7, 11) is 0. The van der Waals surface area contributed by atoms with Crippen molar-refractivity contribution in [3.05, 3.63) is 41.3 Å². The molecule has 1 amide bonds. The van der Waals surface area contributed by atoms with E-state index in [2.05, 4.69) is 25.3 Å². The fourth-order valence-electron chi connectivity index (χ4n) is 4.76. The number of hydrogen-bond acceptors (Lipinski definition) is 9. The summed E-state index contributed by atoms with van der Waals surface area (Å²) in [5, 5.41) is 15.3. The van der Waals surface area contributed by atoms with Gasteiger partial charge in [-0.25, -0.2) is 9.97 Å². The number of aromatic nitrogens is 4. The van der Waals surface area contributed by atoms with Crippen LogP contribution in [0.2, 0.25) is 0 Å². The molecule has 0 aliphatic heterocycles. The van der Waals surface area contributed by atoms with Crippen LogP contribution in [0.3, 0.4) is 0 Å². The first-order valence-electron chi connectivity index (χ1n) is 11.7. The van der Waals surface area contributed by atoms with Gasteiger partial charge < -0.3 is 20.9 Å². The first-order valence-corrected chi connectivity index (χ1v) is 12.5. The summed E-state index contributed by atoms with van der Waals surface area (Å²) in [6.07, 6.45) is 4.79. The molecule has 2 atom stereocenters. The standard InChI is InChI=1S/C25H32N6O3S/c1-14(2)34-20-7-9-27-23(31-20)30-16-10-15(3)29-18(11-16)19-12-28-22(35-19)25(33)8-6-17(21(26)32)24(4,5)13-25/h7,9-12,14,17,33H,6,8,13H2,1-5H3,(H2,26,32)(H,27,29,30,31)/t17-,25-/m1/s1. The van der Waals surface area contributed by atoms with Crippen LogP contribution in [0.15, 0.2) is 30.6 Å². The molecule has 1 fully saturated rings. The number of ether oxygens (including phenoxy) is 1. The van der Waals surface area contributed by atoms with Gasteiger partial charge in [-0.3, -0.25) is 9.78 Å². The van der Waals surface area contributed by atoms with E-state index in [-0.39, 0.29) is 17.9 Å². The zero-order valence-corrected chi connectivity index (χ0v) is 21.5. The number of nitrogens with zero attached hydrogens (tertiary/aromatic N) is 4. The Morgan fingerprint density at radius 3 is 2.74 bits per heavy atom. The molecule has 4 N–H and O–H groups in total. The molecule has 9 nitrogen and oxygen atoms in total. The highest BCUT2D eigenvalue weighted by molar-refractivity contribution is 7.15. The molecule has 1 aliphatic carbocycles. The number of nitrogens with two attached hydrogens (primary N) is 1. The van der Waals surface area contributed by atoms with Gasteiger partial charge in [0.1, 0.15) is 10.6 Å². The molecule has 0 bridgehead atoms. The predicted octanol–water partition coefficient (Wildman–Crippen LogP) is 4.33. The predicted molar refractivity (Wildman–Crippen MR) is 135 cm³/mol. The highest BCUT2D eigenvalue weighted by Gasteiger charge is 2.48. The van der Waals surface area contributed by atoms with Gasteiger partial charge in [0.25, 0.3) is 0 Å². The highest BCUT2D eigenvalue weighted by Crippen LogP contribution is 2.50. The van der Waals surface area contributed by atoms with Crippen LogP contribution >= 0.6 is 11.3 Å². The van der Waals surface area contributed by atoms with Gasteiger partial charge in [0.15, 0.2) is 0 Å². The Bertz CT molecular complexity index is 1230. The second-order valence-electron chi connectivity index (χ2n) is 10.1. The Labute approximate surface area is 209 Å². The van der Waals surface area contributed by atoms with E-state index in [9.17, 15) is 9.90 Å². The van der Waals surface area contributed by atoms with Crippen LogP contribution in [0, 0.1) is 18.3 Å². The van der Waals surface area contributed by atoms with Crippen LogP contribution in [0.5, 0.6) is 5.88 Å². The van der Waals surface area contributed by atoms with Crippen molar-refractivity contribution in [1.82, 2.24) is 19.9 Å². The van der Waals surface area contributed by atoms with Crippen molar-refractivity contribution in [2.24, 2.45) is 17.1 Å². The summed E-state index contributed by atoms with van der Waals surface area (Å²) in [5.74, 6) is 0.345. The Morgan fingerprint density at radius 2 is 2.06 bits per heavy atom. The molecule has 3 aromatic rings. The molecular weight excluding hydrogens is 464 g/mol. The molecule has 0 aromatic carbocycles. The summed E-state index contributed by atoms with van der Waals surface area (Å²) in [6.45, 7) is 9.75. The number of thiazole rings is 1. The zero-order valence-electron chi connectivity index (χ0n) is 20.7. The number of anilines is 2. The van der Waals surface area contributed by atoms with Crippen LogP contribution in [-0.2, 0) is 10.4 Å². The summed E-state index contributed by atoms with van der Waals surface area (Å²) in [6, 6.07) is 5.53. The van der Waals surface area contributed by atoms with Crippen LogP contribution in [0.1, 0.15) is 57.7 Å². The van der Waals surface area contributed by atoms with E-state index in [0.717, 1.165) is 22.0 Å². The van der Waals surface area contributed by atoms with Crippen molar-refractivity contribution in [2.75, 3.05) is 5.32 Å². The van der Waals surface area contributed by atoms with E-state index in [4.69, 9.17) is 10.5 Å². The molecule has 35 heavy (non-hydrogen) atoms. The summed E-state index contributed by atoms with van der Waals surface area (Å²) < 4.78 is 5.65. The maximum atomic E-state index is 11.9. The molecule has 1 aliphatic rings. The SMILES string of the molecule is Cc1cc(Nc2nccc(OC(C)C)n2)cc(-c2cnc([C@@]3(O)CC[C@H](C(N)=O)C(C)(C)C3)s2)n1. The molecule has 4 rings (SSSR count). The first-order chi connectivity index (χ1) is 16.4. The fraction of sp³-hybridized carbons (Fsp3) is 0.480. The number of carbonyl (C=O) groups excluding carboxylic acids is 1. The average Bonchev–Trinajstić information content (AvgIpc) is 3.23. The molecule has 0 unspecified atom stereocenters. The lowest BCUT2D eigenvalue weighted by Crippen LogP contribution is -2.46. The third-order valence-electron chi connectivity index (χ3n) is 6.23. The van der Waals surface area contributed by atoms with Gasteiger partial charge in [0.2, 0.25) is 17.7 Å². The second-order valence-corrected chi connectivity index (χ2v) is 11.1. The zero-order chi connectivity index (χ0) is 25.4. The van der Waals surface area contributed by atoms with Gasteiger partial charge in [-0.1, -0.05) is 13.8 Å². The molecule has 0 radical (unpaired) electrons. The van der Waals surface area contributed by atoms with Gasteiger partial charge >= 0.3 is 0 Å². The van der Waals surface area contributed by atoms with Crippen LogP contribution in [0.4, 0.5) is 11.6 Å². The summed E-state index contributed by atoms with van der Waals surface area (Å²) in [5.41, 5.74) is 6.41. The van der Waals surface area contributed by atoms with Gasteiger partial charge in [0.05, 0.1) is 16.7 Å². The smallest absolute Gasteiger partial charge is 0.230 e. The molecule has 1 saturated carbocycles. The van der Waals surface area contributed by atoms with Gasteiger partial charge in [0, 0.05) is 35.8 Å². The molecular formula is C25H32N6O3S. The molecule has 186 valence electrons. The van der Waals surface area contributed by atoms with Crippen molar-refractivity contribution >= 4 is 28.9 Å². The van der Waals surface area contributed by atoms with Gasteiger partial charge in [-0.05, 0) is 57.6 Å². The lowest BCUT2D eigenvalue weighted by molar-refractivity contribution is -0.134. The molecule has 3 aromatic heterocycles. The van der Waals surface area contributed by atoms with E-state index >= 15 is 0 Å². The molecule has 0 spiro atoms. The van der Waals surface area contributed by atoms with E-state index in [0.29, 0.717) is 36.1 Å². The number of nitrogens with one attached hydrogen (secondary N) is 1. The van der Waals surface area contributed by atoms with Gasteiger partial charge in [-0.15, -0.1) is 11.3 Å². The lowest BCUT2D eigenvalue weighted by Gasteiger charge is -2.44. The monoisotopic (exact) mass is 496 g/mol. The Hall–Kier alpha value is -3.11. The Kier molecular flexibility index (Phi) is 6.79. The number of aryl methyl sites for hydroxylation is 1.